The summed E-state index contributed by atoms with van der Waals surface area (Å²) in [5.41, 5.74) is -0.169. The highest BCUT2D eigenvalue weighted by molar-refractivity contribution is 6.84. The van der Waals surface area contributed by atoms with Gasteiger partial charge in [0.05, 0.1) is 0 Å². The maximum Gasteiger partial charge on any atom is 0.286 e. The van der Waals surface area contributed by atoms with Gasteiger partial charge in [-0.15, -0.1) is 0 Å². The Balaban J connectivity index is 0.000000219. The fourth-order valence-corrected chi connectivity index (χ4v) is 2.30. The van der Waals surface area contributed by atoms with Crippen molar-refractivity contribution in [2.24, 2.45) is 0 Å². The number of nitrogens with zero attached hydrogens (tertiary/aromatic N) is 4. The third kappa shape index (κ3) is 4.53. The van der Waals surface area contributed by atoms with Gasteiger partial charge in [-0.3, -0.25) is 4.98 Å². The molecule has 0 radical (unpaired) electrons. The summed E-state index contributed by atoms with van der Waals surface area (Å²) in [7, 11) is 6.52. The lowest BCUT2D eigenvalue weighted by atomic mass is 9.46. The van der Waals surface area contributed by atoms with Crippen LogP contribution in [0.1, 0.15) is 12.1 Å². The van der Waals surface area contributed by atoms with Crippen LogP contribution in [0.2, 0.25) is 20.5 Å². The van der Waals surface area contributed by atoms with Crippen LogP contribution in [0.4, 0.5) is 8.78 Å². The smallest absolute Gasteiger partial charge is 0.286 e. The van der Waals surface area contributed by atoms with Crippen molar-refractivity contribution in [1.82, 2.24) is 19.1 Å². The van der Waals surface area contributed by atoms with Crippen LogP contribution in [-0.4, -0.2) is 61.2 Å². The molecule has 0 saturated carbocycles. The molecule has 1 aliphatic rings. The predicted octanol–water partition coefficient (Wildman–Crippen LogP) is 2.17. The van der Waals surface area contributed by atoms with Crippen LogP contribution in [0.25, 0.3) is 0 Å². The molecule has 1 fully saturated rings. The van der Waals surface area contributed by atoms with Gasteiger partial charge >= 0.3 is 0 Å². The van der Waals surface area contributed by atoms with E-state index in [9.17, 15) is 8.78 Å². The van der Waals surface area contributed by atoms with E-state index in [1.165, 1.54) is 18.3 Å². The molecule has 21 heavy (non-hydrogen) atoms. The van der Waals surface area contributed by atoms with Crippen molar-refractivity contribution in [3.05, 3.63) is 30.1 Å². The van der Waals surface area contributed by atoms with Crippen molar-refractivity contribution in [2.75, 3.05) is 21.1 Å². The molecule has 0 amide bonds. The Kier molecular flexibility index (Phi) is 6.83. The predicted molar refractivity (Wildman–Crippen MR) is 87.3 cm³/mol. The number of pyridine rings is 1. The molecule has 0 aromatic carbocycles. The fraction of sp³-hybridized carbons (Fsp3) is 0.583. The first-order valence-electron chi connectivity index (χ1n) is 7.12. The molecule has 0 unspecified atom stereocenters. The van der Waals surface area contributed by atoms with Crippen LogP contribution in [0.3, 0.4) is 0 Å². The zero-order chi connectivity index (χ0) is 16.2. The fourth-order valence-electron chi connectivity index (χ4n) is 2.30. The van der Waals surface area contributed by atoms with Gasteiger partial charge in [0, 0.05) is 6.20 Å². The van der Waals surface area contributed by atoms with E-state index >= 15 is 0 Å². The highest BCUT2D eigenvalue weighted by Crippen LogP contribution is 2.14. The van der Waals surface area contributed by atoms with Gasteiger partial charge in [-0.05, 0) is 33.3 Å². The molecule has 0 bridgehead atoms. The Morgan fingerprint density at radius 1 is 0.905 bits per heavy atom. The van der Waals surface area contributed by atoms with Crippen LogP contribution in [0, 0.1) is 0 Å². The van der Waals surface area contributed by atoms with Crippen molar-refractivity contribution in [3.63, 3.8) is 0 Å². The van der Waals surface area contributed by atoms with Crippen molar-refractivity contribution in [1.29, 1.82) is 0 Å². The Labute approximate surface area is 127 Å². The van der Waals surface area contributed by atoms with Gasteiger partial charge in [0.15, 0.2) is 0 Å². The largest absolute Gasteiger partial charge is 0.360 e. The lowest BCUT2D eigenvalue weighted by Crippen LogP contribution is -2.72. The van der Waals surface area contributed by atoms with Crippen molar-refractivity contribution < 1.29 is 8.78 Å². The molecule has 2 heterocycles. The van der Waals surface area contributed by atoms with E-state index in [2.05, 4.69) is 60.8 Å². The lowest BCUT2D eigenvalue weighted by Gasteiger charge is -2.47. The summed E-state index contributed by atoms with van der Waals surface area (Å²) in [5, 5.41) is 0. The van der Waals surface area contributed by atoms with E-state index in [0.29, 0.717) is 20.9 Å². The number of aromatic nitrogens is 1. The van der Waals surface area contributed by atoms with Crippen LogP contribution >= 0.6 is 0 Å². The summed E-state index contributed by atoms with van der Waals surface area (Å²) in [4.78, 5) is 3.43. The molecule has 2 rings (SSSR count). The van der Waals surface area contributed by atoms with Gasteiger partial charge in [0.25, 0.3) is 27.4 Å². The average Bonchev–Trinajstić information content (AvgIpc) is 2.50. The molecule has 0 spiro atoms. The average molecular weight is 294 g/mol. The van der Waals surface area contributed by atoms with E-state index in [1.807, 2.05) is 0 Å². The third-order valence-electron chi connectivity index (χ3n) is 4.45. The van der Waals surface area contributed by atoms with Crippen LogP contribution in [-0.2, 0) is 0 Å². The second-order valence-corrected chi connectivity index (χ2v) is 5.45. The van der Waals surface area contributed by atoms with Crippen LogP contribution < -0.4 is 0 Å². The Bertz CT molecular complexity index is 368. The summed E-state index contributed by atoms with van der Waals surface area (Å²) >= 11 is 0. The minimum atomic E-state index is -2.45. The van der Waals surface area contributed by atoms with E-state index < -0.39 is 6.43 Å². The summed E-state index contributed by atoms with van der Waals surface area (Å²) in [6.45, 7) is 8.35. The highest BCUT2D eigenvalue weighted by atomic mass is 19.3. The van der Waals surface area contributed by atoms with Gasteiger partial charge in [0.1, 0.15) is 5.69 Å². The van der Waals surface area contributed by atoms with Gasteiger partial charge in [-0.25, -0.2) is 8.78 Å². The molecule has 4 nitrogen and oxygen atoms in total. The first-order chi connectivity index (χ1) is 9.77. The zero-order valence-corrected chi connectivity index (χ0v) is 13.7. The molecular formula is C12H23B3F2N4. The molecule has 114 valence electrons. The van der Waals surface area contributed by atoms with E-state index in [0.717, 1.165) is 0 Å². The molecule has 0 aliphatic carbocycles. The Morgan fingerprint density at radius 3 is 1.57 bits per heavy atom. The minimum Gasteiger partial charge on any atom is -0.360 e. The van der Waals surface area contributed by atoms with Gasteiger partial charge in [-0.2, -0.15) is 0 Å². The molecule has 9 heteroatoms. The monoisotopic (exact) mass is 294 g/mol. The second kappa shape index (κ2) is 7.91. The van der Waals surface area contributed by atoms with E-state index in [1.54, 1.807) is 6.07 Å². The molecule has 1 aliphatic heterocycles. The number of hydrogen-bond donors (Lipinski definition) is 0. The van der Waals surface area contributed by atoms with Crippen molar-refractivity contribution in [2.45, 2.75) is 26.9 Å². The van der Waals surface area contributed by atoms with Crippen molar-refractivity contribution in [3.8, 4) is 0 Å². The number of alkyl halides is 2. The maximum absolute atomic E-state index is 11.7. The topological polar surface area (TPSA) is 22.6 Å². The Hall–Kier alpha value is -0.915. The van der Waals surface area contributed by atoms with Crippen LogP contribution in [0.15, 0.2) is 24.4 Å². The number of halogens is 2. The van der Waals surface area contributed by atoms with E-state index in [4.69, 9.17) is 0 Å². The third-order valence-corrected chi connectivity index (χ3v) is 4.45. The van der Waals surface area contributed by atoms with Gasteiger partial charge in [-0.1, -0.05) is 26.5 Å². The lowest BCUT2D eigenvalue weighted by molar-refractivity contribution is 0.146. The first kappa shape index (κ1) is 18.1. The van der Waals surface area contributed by atoms with Gasteiger partial charge < -0.3 is 14.2 Å². The van der Waals surface area contributed by atoms with Crippen molar-refractivity contribution >= 4 is 20.9 Å². The quantitative estimate of drug-likeness (QED) is 0.740. The highest BCUT2D eigenvalue weighted by Gasteiger charge is 2.40. The molecule has 0 atom stereocenters. The Morgan fingerprint density at radius 2 is 1.33 bits per heavy atom. The number of hydrogen-bond acceptors (Lipinski definition) is 4. The van der Waals surface area contributed by atoms with E-state index in [-0.39, 0.29) is 5.69 Å². The summed E-state index contributed by atoms with van der Waals surface area (Å²) in [6.07, 6.45) is -1.10. The molecule has 1 aromatic rings. The second-order valence-electron chi connectivity index (χ2n) is 5.45. The maximum atomic E-state index is 11.7. The number of rotatable bonds is 1. The minimum absolute atomic E-state index is 0.169. The van der Waals surface area contributed by atoms with Gasteiger partial charge in [0.2, 0.25) is 0 Å². The zero-order valence-electron chi connectivity index (χ0n) is 13.7. The SMILES string of the molecule is CB1N(C)B(C)N(C)B(C)N1C.FC(F)c1ccccn1. The molecule has 1 saturated heterocycles. The molecule has 0 N–H and O–H groups in total. The van der Waals surface area contributed by atoms with Crippen LogP contribution in [0.5, 0.6) is 0 Å². The summed E-state index contributed by atoms with van der Waals surface area (Å²) in [5.74, 6) is 0. The summed E-state index contributed by atoms with van der Waals surface area (Å²) < 4.78 is 30.5. The standard InChI is InChI=1S/C6H18B3N3.C6H5F2N/c1-7-10(4)8(2)12(6)9(3)11(7)5;7-6(8)5-3-1-2-4-9-5/h1-6H3;1-4,6H. The summed E-state index contributed by atoms with van der Waals surface area (Å²) in [6, 6.07) is 4.44. The molecule has 1 aromatic heterocycles. The molecular weight excluding hydrogens is 271 g/mol. The normalized spacial score (nSPS) is 18.0. The first-order valence-corrected chi connectivity index (χ1v) is 7.12.